The minimum absolute atomic E-state index is 0.402. The quantitative estimate of drug-likeness (QED) is 0.497. The van der Waals surface area contributed by atoms with E-state index in [1.165, 1.54) is 22.7 Å². The van der Waals surface area contributed by atoms with Crippen molar-refractivity contribution in [1.29, 1.82) is 0 Å². The molecule has 0 unspecified atom stereocenters. The lowest BCUT2D eigenvalue weighted by molar-refractivity contribution is 0.352. The highest BCUT2D eigenvalue weighted by atomic mass is 32.2. The predicted molar refractivity (Wildman–Crippen MR) is 114 cm³/mol. The summed E-state index contributed by atoms with van der Waals surface area (Å²) in [5, 5.41) is 0.694. The fourth-order valence-electron chi connectivity index (χ4n) is 4.09. The first-order chi connectivity index (χ1) is 13.9. The molecule has 0 spiro atoms. The summed E-state index contributed by atoms with van der Waals surface area (Å²) in [5.74, 6) is 2.52. The Labute approximate surface area is 172 Å². The molecular formula is C19H25N7O2S. The fraction of sp³-hybridized carbons (Fsp3) is 0.526. The summed E-state index contributed by atoms with van der Waals surface area (Å²) < 4.78 is 3.34. The first-order valence-corrected chi connectivity index (χ1v) is 10.8. The summed E-state index contributed by atoms with van der Waals surface area (Å²) in [6.07, 6.45) is 4.60. The second-order valence-electron chi connectivity index (χ2n) is 7.78. The van der Waals surface area contributed by atoms with Crippen LogP contribution >= 0.6 is 11.8 Å². The van der Waals surface area contributed by atoms with Gasteiger partial charge in [-0.05, 0) is 24.3 Å². The van der Waals surface area contributed by atoms with Gasteiger partial charge >= 0.3 is 5.69 Å². The third kappa shape index (κ3) is 3.93. The van der Waals surface area contributed by atoms with Crippen LogP contribution in [0, 0.1) is 11.8 Å². The number of aromatic nitrogens is 6. The van der Waals surface area contributed by atoms with Gasteiger partial charge in [-0.2, -0.15) is 4.98 Å². The number of nitrogens with one attached hydrogen (secondary N) is 1. The van der Waals surface area contributed by atoms with E-state index >= 15 is 0 Å². The van der Waals surface area contributed by atoms with E-state index in [1.54, 1.807) is 25.5 Å². The molecule has 0 radical (unpaired) electrons. The van der Waals surface area contributed by atoms with Gasteiger partial charge in [-0.3, -0.25) is 14.3 Å². The van der Waals surface area contributed by atoms with Crippen LogP contribution in [0.15, 0.2) is 33.2 Å². The zero-order valence-corrected chi connectivity index (χ0v) is 17.6. The van der Waals surface area contributed by atoms with Gasteiger partial charge in [0.2, 0.25) is 5.95 Å². The Morgan fingerprint density at radius 2 is 1.86 bits per heavy atom. The van der Waals surface area contributed by atoms with E-state index in [4.69, 9.17) is 4.98 Å². The number of imidazole rings is 1. The topological polar surface area (TPSA) is 102 Å². The molecule has 0 saturated carbocycles. The number of aromatic amines is 1. The Bertz CT molecular complexity index is 1110. The van der Waals surface area contributed by atoms with Crippen molar-refractivity contribution in [3.63, 3.8) is 0 Å². The van der Waals surface area contributed by atoms with Gasteiger partial charge in [0.05, 0.1) is 0 Å². The number of thioether (sulfide) groups is 1. The van der Waals surface area contributed by atoms with Gasteiger partial charge in [0.25, 0.3) is 5.56 Å². The van der Waals surface area contributed by atoms with Crippen molar-refractivity contribution >= 4 is 28.9 Å². The van der Waals surface area contributed by atoms with Crippen LogP contribution in [0.2, 0.25) is 0 Å². The Kier molecular flexibility index (Phi) is 5.44. The highest BCUT2D eigenvalue weighted by Crippen LogP contribution is 2.28. The molecular weight excluding hydrogens is 390 g/mol. The molecule has 9 nitrogen and oxygen atoms in total. The number of piperidine rings is 1. The molecule has 1 N–H and O–H groups in total. The van der Waals surface area contributed by atoms with E-state index in [0.717, 1.165) is 19.0 Å². The maximum absolute atomic E-state index is 12.7. The number of aryl methyl sites for hydroxylation is 2. The third-order valence-electron chi connectivity index (χ3n) is 5.23. The summed E-state index contributed by atoms with van der Waals surface area (Å²) in [6, 6.07) is 1.78. The van der Waals surface area contributed by atoms with Crippen LogP contribution in [0.5, 0.6) is 0 Å². The van der Waals surface area contributed by atoms with Gasteiger partial charge in [-0.25, -0.2) is 14.8 Å². The Balaban J connectivity index is 1.74. The molecule has 1 saturated heterocycles. The van der Waals surface area contributed by atoms with E-state index < -0.39 is 11.2 Å². The summed E-state index contributed by atoms with van der Waals surface area (Å²) in [7, 11) is 1.63. The molecule has 0 amide bonds. The second-order valence-corrected chi connectivity index (χ2v) is 8.85. The van der Waals surface area contributed by atoms with E-state index in [-0.39, 0.29) is 0 Å². The van der Waals surface area contributed by atoms with E-state index in [2.05, 4.69) is 33.7 Å². The van der Waals surface area contributed by atoms with Crippen molar-refractivity contribution in [2.75, 3.05) is 23.7 Å². The lowest BCUT2D eigenvalue weighted by Crippen LogP contribution is -2.40. The normalized spacial score (nSPS) is 19.8. The van der Waals surface area contributed by atoms with Crippen molar-refractivity contribution in [3.8, 4) is 0 Å². The highest BCUT2D eigenvalue weighted by molar-refractivity contribution is 7.99. The van der Waals surface area contributed by atoms with E-state index in [1.807, 2.05) is 4.57 Å². The third-order valence-corrected chi connectivity index (χ3v) is 6.08. The average molecular weight is 416 g/mol. The highest BCUT2D eigenvalue weighted by Gasteiger charge is 2.27. The lowest BCUT2D eigenvalue weighted by Gasteiger charge is -2.35. The monoisotopic (exact) mass is 415 g/mol. The van der Waals surface area contributed by atoms with Crippen LogP contribution in [0.4, 0.5) is 5.95 Å². The summed E-state index contributed by atoms with van der Waals surface area (Å²) in [5.41, 5.74) is -0.00444. The smallest absolute Gasteiger partial charge is 0.329 e. The molecule has 0 aliphatic carbocycles. The minimum atomic E-state index is -0.453. The van der Waals surface area contributed by atoms with Crippen LogP contribution in [-0.2, 0) is 13.6 Å². The molecule has 2 atom stereocenters. The number of H-pyrrole nitrogens is 1. The first kappa shape index (κ1) is 19.7. The Hall–Kier alpha value is -2.62. The number of fused-ring (bicyclic) bond motifs is 1. The summed E-state index contributed by atoms with van der Waals surface area (Å²) >= 11 is 1.53. The van der Waals surface area contributed by atoms with Gasteiger partial charge in [0, 0.05) is 44.8 Å². The van der Waals surface area contributed by atoms with Crippen molar-refractivity contribution < 1.29 is 0 Å². The molecule has 0 aromatic carbocycles. The van der Waals surface area contributed by atoms with Crippen LogP contribution in [0.3, 0.4) is 0 Å². The van der Waals surface area contributed by atoms with Crippen molar-refractivity contribution in [3.05, 3.63) is 39.3 Å². The van der Waals surface area contributed by atoms with Crippen molar-refractivity contribution in [1.82, 2.24) is 29.1 Å². The van der Waals surface area contributed by atoms with E-state index in [9.17, 15) is 9.59 Å². The molecule has 1 aliphatic rings. The zero-order valence-electron chi connectivity index (χ0n) is 16.8. The maximum Gasteiger partial charge on any atom is 0.329 e. The summed E-state index contributed by atoms with van der Waals surface area (Å²) in [6.45, 7) is 6.81. The largest absolute Gasteiger partial charge is 0.342 e. The first-order valence-electron chi connectivity index (χ1n) is 9.78. The number of hydrogen-bond donors (Lipinski definition) is 1. The summed E-state index contributed by atoms with van der Waals surface area (Å²) in [4.78, 5) is 42.6. The molecule has 3 aromatic rings. The fourth-order valence-corrected chi connectivity index (χ4v) is 4.82. The Morgan fingerprint density at radius 1 is 1.17 bits per heavy atom. The predicted octanol–water partition coefficient (Wildman–Crippen LogP) is 1.49. The second kappa shape index (κ2) is 8.02. The molecule has 4 rings (SSSR count). The van der Waals surface area contributed by atoms with Crippen molar-refractivity contribution in [2.24, 2.45) is 18.9 Å². The molecule has 10 heteroatoms. The molecule has 3 aromatic heterocycles. The van der Waals surface area contributed by atoms with Gasteiger partial charge in [-0.1, -0.05) is 25.6 Å². The number of anilines is 1. The number of hydrogen-bond acceptors (Lipinski definition) is 7. The number of rotatable bonds is 5. The standard InChI is InChI=1S/C19H25N7O2S/c1-12-9-13(2)11-25(10-12)18-22-15-14(16(27)23-19(28)24(15)3)26(18)7-8-29-17-20-5-4-6-21-17/h4-6,12-13H,7-11H2,1-3H3,(H,23,27,28)/t12-,13-/m1/s1. The number of nitrogens with zero attached hydrogens (tertiary/aromatic N) is 6. The maximum atomic E-state index is 12.7. The Morgan fingerprint density at radius 3 is 2.55 bits per heavy atom. The van der Waals surface area contributed by atoms with Crippen LogP contribution in [-0.4, -0.2) is 47.9 Å². The minimum Gasteiger partial charge on any atom is -0.342 e. The van der Waals surface area contributed by atoms with Gasteiger partial charge in [0.1, 0.15) is 0 Å². The molecule has 1 fully saturated rings. The molecule has 1 aliphatic heterocycles. The van der Waals surface area contributed by atoms with Gasteiger partial charge in [0.15, 0.2) is 16.3 Å². The van der Waals surface area contributed by atoms with Crippen LogP contribution in [0.1, 0.15) is 20.3 Å². The van der Waals surface area contributed by atoms with Crippen LogP contribution in [0.25, 0.3) is 11.2 Å². The van der Waals surface area contributed by atoms with Crippen LogP contribution < -0.4 is 16.1 Å². The SMILES string of the molecule is C[C@@H]1C[C@@H](C)CN(c2nc3c(c(=O)[nH]c(=O)n3C)n2CCSc2ncccn2)C1. The molecule has 29 heavy (non-hydrogen) atoms. The molecule has 154 valence electrons. The average Bonchev–Trinajstić information content (AvgIpc) is 3.07. The van der Waals surface area contributed by atoms with Gasteiger partial charge in [-0.15, -0.1) is 0 Å². The van der Waals surface area contributed by atoms with Crippen molar-refractivity contribution in [2.45, 2.75) is 32.0 Å². The zero-order chi connectivity index (χ0) is 20.5. The van der Waals surface area contributed by atoms with Gasteiger partial charge < -0.3 is 9.47 Å². The molecule has 0 bridgehead atoms. The lowest BCUT2D eigenvalue weighted by atomic mass is 9.92. The van der Waals surface area contributed by atoms with E-state index in [0.29, 0.717) is 40.5 Å². The molecule has 4 heterocycles.